The summed E-state index contributed by atoms with van der Waals surface area (Å²) < 4.78 is 7.10. The van der Waals surface area contributed by atoms with Crippen LogP contribution in [0, 0.1) is 13.8 Å². The van der Waals surface area contributed by atoms with Gasteiger partial charge in [-0.15, -0.1) is 5.10 Å². The van der Waals surface area contributed by atoms with Crippen molar-refractivity contribution in [3.63, 3.8) is 0 Å². The summed E-state index contributed by atoms with van der Waals surface area (Å²) in [7, 11) is 0. The van der Waals surface area contributed by atoms with Gasteiger partial charge < -0.3 is 9.64 Å². The van der Waals surface area contributed by atoms with Gasteiger partial charge in [0, 0.05) is 13.1 Å². The van der Waals surface area contributed by atoms with Crippen LogP contribution >= 0.6 is 11.8 Å². The number of aryl methyl sites for hydroxylation is 2. The lowest BCUT2D eigenvalue weighted by Gasteiger charge is -2.30. The van der Waals surface area contributed by atoms with Crippen LogP contribution < -0.4 is 0 Å². The average Bonchev–Trinajstić information content (AvgIpc) is 3.20. The second kappa shape index (κ2) is 8.75. The Morgan fingerprint density at radius 1 is 1.07 bits per heavy atom. The Morgan fingerprint density at radius 2 is 1.76 bits per heavy atom. The summed E-state index contributed by atoms with van der Waals surface area (Å²) in [6, 6.07) is 16.0. The molecule has 1 aromatic heterocycles. The Morgan fingerprint density at radius 3 is 2.45 bits per heavy atom. The molecule has 150 valence electrons. The number of carbonyl (C=O) groups is 1. The van der Waals surface area contributed by atoms with Gasteiger partial charge in [0.15, 0.2) is 0 Å². The van der Waals surface area contributed by atoms with Crippen molar-refractivity contribution in [3.8, 4) is 5.69 Å². The van der Waals surface area contributed by atoms with Gasteiger partial charge in [-0.1, -0.05) is 48.2 Å². The van der Waals surface area contributed by atoms with Gasteiger partial charge >= 0.3 is 0 Å². The number of hydrogen-bond acceptors (Lipinski definition) is 6. The molecular weight excluding hydrogens is 386 g/mol. The van der Waals surface area contributed by atoms with E-state index < -0.39 is 5.25 Å². The zero-order valence-electron chi connectivity index (χ0n) is 16.5. The Kier molecular flexibility index (Phi) is 5.92. The highest BCUT2D eigenvalue weighted by atomic mass is 32.2. The Bertz CT molecular complexity index is 965. The van der Waals surface area contributed by atoms with Gasteiger partial charge in [0.25, 0.3) is 0 Å². The zero-order valence-corrected chi connectivity index (χ0v) is 17.3. The number of nitrogens with zero attached hydrogens (tertiary/aromatic N) is 5. The van der Waals surface area contributed by atoms with E-state index >= 15 is 0 Å². The van der Waals surface area contributed by atoms with Crippen molar-refractivity contribution < 1.29 is 9.53 Å². The van der Waals surface area contributed by atoms with Gasteiger partial charge in [0.2, 0.25) is 11.1 Å². The van der Waals surface area contributed by atoms with Crippen LogP contribution in [0.4, 0.5) is 0 Å². The smallest absolute Gasteiger partial charge is 0.240 e. The van der Waals surface area contributed by atoms with Gasteiger partial charge in [-0.25, -0.2) is 0 Å². The summed E-state index contributed by atoms with van der Waals surface area (Å²) in [5.41, 5.74) is 4.09. The summed E-state index contributed by atoms with van der Waals surface area (Å²) >= 11 is 1.38. The minimum atomic E-state index is -0.426. The highest BCUT2D eigenvalue weighted by molar-refractivity contribution is 8.00. The minimum Gasteiger partial charge on any atom is -0.378 e. The van der Waals surface area contributed by atoms with E-state index in [1.165, 1.54) is 11.8 Å². The molecule has 0 N–H and O–H groups in total. The highest BCUT2D eigenvalue weighted by Crippen LogP contribution is 2.36. The van der Waals surface area contributed by atoms with Gasteiger partial charge in [-0.05, 0) is 53.1 Å². The van der Waals surface area contributed by atoms with Crippen LogP contribution in [0.3, 0.4) is 0 Å². The van der Waals surface area contributed by atoms with E-state index in [0.717, 1.165) is 22.4 Å². The van der Waals surface area contributed by atoms with Gasteiger partial charge in [0.1, 0.15) is 5.25 Å². The molecule has 4 rings (SSSR count). The second-order valence-corrected chi connectivity index (χ2v) is 8.14. The molecule has 29 heavy (non-hydrogen) atoms. The van der Waals surface area contributed by atoms with Crippen molar-refractivity contribution >= 4 is 17.7 Å². The molecule has 0 spiro atoms. The van der Waals surface area contributed by atoms with Crippen LogP contribution in [0.1, 0.15) is 21.9 Å². The third kappa shape index (κ3) is 4.49. The summed E-state index contributed by atoms with van der Waals surface area (Å²) in [6.45, 7) is 6.43. The van der Waals surface area contributed by atoms with Crippen molar-refractivity contribution in [2.75, 3.05) is 26.3 Å². The van der Waals surface area contributed by atoms with Crippen molar-refractivity contribution in [1.29, 1.82) is 0 Å². The number of aromatic nitrogens is 4. The van der Waals surface area contributed by atoms with Gasteiger partial charge in [-0.3, -0.25) is 4.79 Å². The fraction of sp³-hybridized carbons (Fsp3) is 0.333. The van der Waals surface area contributed by atoms with Crippen molar-refractivity contribution in [1.82, 2.24) is 25.1 Å². The van der Waals surface area contributed by atoms with Crippen molar-refractivity contribution in [2.45, 2.75) is 24.3 Å². The molecule has 1 fully saturated rings. The maximum Gasteiger partial charge on any atom is 0.240 e. The van der Waals surface area contributed by atoms with E-state index in [-0.39, 0.29) is 5.91 Å². The lowest BCUT2D eigenvalue weighted by Crippen LogP contribution is -2.42. The topological polar surface area (TPSA) is 73.1 Å². The number of rotatable bonds is 5. The molecule has 0 unspecified atom stereocenters. The monoisotopic (exact) mass is 409 g/mol. The molecule has 0 radical (unpaired) electrons. The summed E-state index contributed by atoms with van der Waals surface area (Å²) in [5, 5.41) is 12.4. The maximum atomic E-state index is 13.4. The van der Waals surface area contributed by atoms with Crippen molar-refractivity contribution in [2.24, 2.45) is 0 Å². The van der Waals surface area contributed by atoms with Gasteiger partial charge in [0.05, 0.1) is 18.9 Å². The number of amides is 1. The molecule has 8 heteroatoms. The molecule has 7 nitrogen and oxygen atoms in total. The fourth-order valence-electron chi connectivity index (χ4n) is 3.43. The molecule has 2 aromatic carbocycles. The lowest BCUT2D eigenvalue weighted by atomic mass is 10.1. The highest BCUT2D eigenvalue weighted by Gasteiger charge is 2.30. The van der Waals surface area contributed by atoms with E-state index in [1.54, 1.807) is 4.68 Å². The third-order valence-electron chi connectivity index (χ3n) is 4.76. The number of benzene rings is 2. The molecule has 1 aliphatic heterocycles. The SMILES string of the molecule is Cc1cc(C)cc(-n2nnnc2S[C@@H](C(=O)N2CCOCC2)c2ccccc2)c1. The molecule has 3 aromatic rings. The molecule has 1 aliphatic rings. The maximum absolute atomic E-state index is 13.4. The quantitative estimate of drug-likeness (QED) is 0.603. The number of morpholine rings is 1. The summed E-state index contributed by atoms with van der Waals surface area (Å²) in [5.74, 6) is 0.0551. The largest absolute Gasteiger partial charge is 0.378 e. The van der Waals surface area contributed by atoms with E-state index in [2.05, 4.69) is 21.6 Å². The number of hydrogen-bond donors (Lipinski definition) is 0. The first-order chi connectivity index (χ1) is 14.1. The minimum absolute atomic E-state index is 0.0551. The number of carbonyl (C=O) groups excluding carboxylic acids is 1. The third-order valence-corrected chi connectivity index (χ3v) is 5.94. The summed E-state index contributed by atoms with van der Waals surface area (Å²) in [6.07, 6.45) is 0. The lowest BCUT2D eigenvalue weighted by molar-refractivity contribution is -0.134. The van der Waals surface area contributed by atoms with Crippen LogP contribution in [-0.2, 0) is 9.53 Å². The van der Waals surface area contributed by atoms with Gasteiger partial charge in [-0.2, -0.15) is 4.68 Å². The molecule has 1 saturated heterocycles. The molecule has 0 bridgehead atoms. The average molecular weight is 410 g/mol. The van der Waals surface area contributed by atoms with Crippen LogP contribution in [0.2, 0.25) is 0 Å². The first-order valence-electron chi connectivity index (χ1n) is 9.57. The predicted octanol–water partition coefficient (Wildman–Crippen LogP) is 2.97. The Balaban J connectivity index is 1.67. The summed E-state index contributed by atoms with van der Waals surface area (Å²) in [4.78, 5) is 15.2. The Hall–Kier alpha value is -2.71. The molecule has 1 amide bonds. The van der Waals surface area contributed by atoms with E-state index in [0.29, 0.717) is 31.5 Å². The number of tetrazole rings is 1. The van der Waals surface area contributed by atoms with Crippen molar-refractivity contribution in [3.05, 3.63) is 65.2 Å². The number of thioether (sulfide) groups is 1. The van der Waals surface area contributed by atoms with Crippen LogP contribution in [-0.4, -0.2) is 57.3 Å². The normalized spacial score (nSPS) is 15.3. The van der Waals surface area contributed by atoms with E-state index in [1.807, 2.05) is 61.2 Å². The van der Waals surface area contributed by atoms with Crippen LogP contribution in [0.25, 0.3) is 5.69 Å². The molecule has 0 aliphatic carbocycles. The predicted molar refractivity (Wildman–Crippen MR) is 111 cm³/mol. The fourth-order valence-corrected chi connectivity index (χ4v) is 4.51. The van der Waals surface area contributed by atoms with E-state index in [4.69, 9.17) is 4.74 Å². The molecule has 0 saturated carbocycles. The Labute approximate surface area is 174 Å². The second-order valence-electron chi connectivity index (χ2n) is 7.07. The zero-order chi connectivity index (χ0) is 20.2. The molecule has 1 atom stereocenters. The van der Waals surface area contributed by atoms with Crippen LogP contribution in [0.5, 0.6) is 0 Å². The molecular formula is C21H23N5O2S. The number of ether oxygens (including phenoxy) is 1. The first-order valence-corrected chi connectivity index (χ1v) is 10.4. The first kappa shape index (κ1) is 19.6. The van der Waals surface area contributed by atoms with Crippen LogP contribution in [0.15, 0.2) is 53.7 Å². The standard InChI is InChI=1S/C21H23N5O2S/c1-15-12-16(2)14-18(13-15)26-21(22-23-24-26)29-19(17-6-4-3-5-7-17)20(27)25-8-10-28-11-9-25/h3-7,12-14,19H,8-11H2,1-2H3/t19-/m1/s1. The van der Waals surface area contributed by atoms with E-state index in [9.17, 15) is 4.79 Å². The molecule has 2 heterocycles.